The maximum absolute atomic E-state index is 12.7. The Kier molecular flexibility index (Phi) is 6.70. The number of H-pyrrole nitrogens is 1. The van der Waals surface area contributed by atoms with E-state index in [1.165, 1.54) is 14.0 Å². The molecule has 0 aliphatic carbocycles. The van der Waals surface area contributed by atoms with Gasteiger partial charge >= 0.3 is 5.97 Å². The van der Waals surface area contributed by atoms with Crippen LogP contribution in [0.5, 0.6) is 11.5 Å². The molecule has 4 aromatic rings. The standard InChI is InChI=1S/C25H22ClN3O5/c1-14(24(30)27-17-7-11-22(33-3)19(26)13-17)34-25(31)16-6-10-20-21(12-16)29-23(28-20)15-4-8-18(32-2)9-5-15/h4-14H,1-3H3,(H,27,30)(H,28,29). The topological polar surface area (TPSA) is 103 Å². The number of hydrogen-bond acceptors (Lipinski definition) is 6. The number of ether oxygens (including phenoxy) is 3. The zero-order chi connectivity index (χ0) is 24.2. The monoisotopic (exact) mass is 479 g/mol. The molecule has 0 saturated carbocycles. The Morgan fingerprint density at radius 2 is 1.76 bits per heavy atom. The van der Waals surface area contributed by atoms with Gasteiger partial charge < -0.3 is 24.5 Å². The summed E-state index contributed by atoms with van der Waals surface area (Å²) in [4.78, 5) is 32.9. The van der Waals surface area contributed by atoms with Gasteiger partial charge in [-0.25, -0.2) is 9.78 Å². The van der Waals surface area contributed by atoms with Crippen LogP contribution in [-0.2, 0) is 9.53 Å². The fraction of sp³-hybridized carbons (Fsp3) is 0.160. The molecule has 1 amide bonds. The highest BCUT2D eigenvalue weighted by Crippen LogP contribution is 2.27. The molecule has 0 aliphatic rings. The van der Waals surface area contributed by atoms with Crippen LogP contribution in [0.4, 0.5) is 5.69 Å². The third-order valence-corrected chi connectivity index (χ3v) is 5.45. The van der Waals surface area contributed by atoms with Crippen molar-refractivity contribution >= 4 is 40.2 Å². The van der Waals surface area contributed by atoms with Crippen LogP contribution < -0.4 is 14.8 Å². The molecule has 0 aliphatic heterocycles. The van der Waals surface area contributed by atoms with Crippen molar-refractivity contribution in [2.24, 2.45) is 0 Å². The van der Waals surface area contributed by atoms with E-state index in [1.54, 1.807) is 43.5 Å². The first-order chi connectivity index (χ1) is 16.4. The van der Waals surface area contributed by atoms with Crippen molar-refractivity contribution in [2.45, 2.75) is 13.0 Å². The third-order valence-electron chi connectivity index (χ3n) is 5.15. The second-order valence-electron chi connectivity index (χ2n) is 7.43. The van der Waals surface area contributed by atoms with Crippen LogP contribution in [0.1, 0.15) is 17.3 Å². The molecule has 3 aromatic carbocycles. The number of benzene rings is 3. The number of fused-ring (bicyclic) bond motifs is 1. The van der Waals surface area contributed by atoms with Crippen LogP contribution in [0.15, 0.2) is 60.7 Å². The molecule has 0 radical (unpaired) electrons. The van der Waals surface area contributed by atoms with Gasteiger partial charge in [0.25, 0.3) is 5.91 Å². The van der Waals surface area contributed by atoms with E-state index in [0.29, 0.717) is 38.9 Å². The van der Waals surface area contributed by atoms with E-state index in [-0.39, 0.29) is 0 Å². The SMILES string of the molecule is COc1ccc(-c2nc3ccc(C(=O)OC(C)C(=O)Nc4ccc(OC)c(Cl)c4)cc3[nH]2)cc1. The Bertz CT molecular complexity index is 1350. The first-order valence-electron chi connectivity index (χ1n) is 10.4. The van der Waals surface area contributed by atoms with Gasteiger partial charge in [0.15, 0.2) is 6.10 Å². The van der Waals surface area contributed by atoms with Gasteiger partial charge in [0.2, 0.25) is 0 Å². The molecular weight excluding hydrogens is 458 g/mol. The highest BCUT2D eigenvalue weighted by atomic mass is 35.5. The Morgan fingerprint density at radius 1 is 1.00 bits per heavy atom. The summed E-state index contributed by atoms with van der Waals surface area (Å²) in [5, 5.41) is 3.02. The Hall–Kier alpha value is -4.04. The highest BCUT2D eigenvalue weighted by Gasteiger charge is 2.20. The number of methoxy groups -OCH3 is 2. The van der Waals surface area contributed by atoms with E-state index in [2.05, 4.69) is 15.3 Å². The van der Waals surface area contributed by atoms with Crippen LogP contribution in [0.3, 0.4) is 0 Å². The van der Waals surface area contributed by atoms with Gasteiger partial charge in [-0.05, 0) is 67.6 Å². The molecule has 0 fully saturated rings. The summed E-state index contributed by atoms with van der Waals surface area (Å²) in [6.07, 6.45) is -1.03. The van der Waals surface area contributed by atoms with Crippen molar-refractivity contribution in [1.82, 2.24) is 9.97 Å². The minimum Gasteiger partial charge on any atom is -0.497 e. The number of carbonyl (C=O) groups is 2. The van der Waals surface area contributed by atoms with Crippen molar-refractivity contribution in [2.75, 3.05) is 19.5 Å². The first-order valence-corrected chi connectivity index (χ1v) is 10.8. The summed E-state index contributed by atoms with van der Waals surface area (Å²) in [5.74, 6) is 0.785. The Balaban J connectivity index is 1.44. The summed E-state index contributed by atoms with van der Waals surface area (Å²) in [6.45, 7) is 1.49. The molecule has 2 N–H and O–H groups in total. The number of hydrogen-bond donors (Lipinski definition) is 2. The molecule has 0 saturated heterocycles. The number of aromatic nitrogens is 2. The largest absolute Gasteiger partial charge is 0.497 e. The molecule has 34 heavy (non-hydrogen) atoms. The number of anilines is 1. The van der Waals surface area contributed by atoms with Gasteiger partial charge in [-0.1, -0.05) is 11.6 Å². The lowest BCUT2D eigenvalue weighted by Gasteiger charge is -2.14. The van der Waals surface area contributed by atoms with E-state index in [4.69, 9.17) is 25.8 Å². The predicted molar refractivity (Wildman–Crippen MR) is 130 cm³/mol. The van der Waals surface area contributed by atoms with Crippen LogP contribution in [0, 0.1) is 0 Å². The molecule has 8 nitrogen and oxygen atoms in total. The lowest BCUT2D eigenvalue weighted by atomic mass is 10.2. The summed E-state index contributed by atoms with van der Waals surface area (Å²) in [6, 6.07) is 17.3. The van der Waals surface area contributed by atoms with Crippen LogP contribution in [0.25, 0.3) is 22.4 Å². The minimum atomic E-state index is -1.03. The van der Waals surface area contributed by atoms with E-state index in [9.17, 15) is 9.59 Å². The molecule has 174 valence electrons. The van der Waals surface area contributed by atoms with Crippen molar-refractivity contribution in [3.05, 3.63) is 71.2 Å². The molecule has 9 heteroatoms. The molecule has 1 atom stereocenters. The molecule has 1 heterocycles. The molecular formula is C25H22ClN3O5. The normalized spacial score (nSPS) is 11.6. The van der Waals surface area contributed by atoms with Crippen molar-refractivity contribution in [3.8, 4) is 22.9 Å². The molecule has 1 aromatic heterocycles. The number of carbonyl (C=O) groups excluding carboxylic acids is 2. The number of nitrogens with one attached hydrogen (secondary N) is 2. The summed E-state index contributed by atoms with van der Waals surface area (Å²) in [5.41, 5.74) is 3.01. The molecule has 1 unspecified atom stereocenters. The number of amides is 1. The quantitative estimate of drug-likeness (QED) is 0.358. The maximum atomic E-state index is 12.7. The number of imidazole rings is 1. The lowest BCUT2D eigenvalue weighted by molar-refractivity contribution is -0.123. The Morgan fingerprint density at radius 3 is 2.44 bits per heavy atom. The van der Waals surface area contributed by atoms with Crippen molar-refractivity contribution in [1.29, 1.82) is 0 Å². The van der Waals surface area contributed by atoms with Crippen LogP contribution >= 0.6 is 11.6 Å². The maximum Gasteiger partial charge on any atom is 0.338 e. The Labute approximate surface area is 200 Å². The fourth-order valence-corrected chi connectivity index (χ4v) is 3.55. The van der Waals surface area contributed by atoms with E-state index in [1.807, 2.05) is 24.3 Å². The smallest absolute Gasteiger partial charge is 0.338 e. The lowest BCUT2D eigenvalue weighted by Crippen LogP contribution is -2.30. The van der Waals surface area contributed by atoms with Crippen LogP contribution in [0.2, 0.25) is 5.02 Å². The van der Waals surface area contributed by atoms with Gasteiger partial charge in [-0.2, -0.15) is 0 Å². The number of rotatable bonds is 7. The minimum absolute atomic E-state index is 0.296. The van der Waals surface area contributed by atoms with Gasteiger partial charge in [0.1, 0.15) is 17.3 Å². The second-order valence-corrected chi connectivity index (χ2v) is 7.84. The zero-order valence-corrected chi connectivity index (χ0v) is 19.5. The van der Waals surface area contributed by atoms with Gasteiger partial charge in [0.05, 0.1) is 35.8 Å². The van der Waals surface area contributed by atoms with E-state index >= 15 is 0 Å². The zero-order valence-electron chi connectivity index (χ0n) is 18.7. The number of nitrogens with zero attached hydrogens (tertiary/aromatic N) is 1. The van der Waals surface area contributed by atoms with E-state index in [0.717, 1.165) is 11.3 Å². The van der Waals surface area contributed by atoms with E-state index < -0.39 is 18.0 Å². The molecule has 0 spiro atoms. The number of aromatic amines is 1. The third kappa shape index (κ3) is 4.97. The van der Waals surface area contributed by atoms with Gasteiger partial charge in [-0.3, -0.25) is 4.79 Å². The van der Waals surface area contributed by atoms with Gasteiger partial charge in [-0.15, -0.1) is 0 Å². The first kappa shape index (κ1) is 23.1. The molecule has 0 bridgehead atoms. The van der Waals surface area contributed by atoms with Crippen molar-refractivity contribution < 1.29 is 23.8 Å². The molecule has 4 rings (SSSR count). The summed E-state index contributed by atoms with van der Waals surface area (Å²) < 4.78 is 15.6. The van der Waals surface area contributed by atoms with Gasteiger partial charge in [0, 0.05) is 11.3 Å². The number of esters is 1. The average Bonchev–Trinajstić information content (AvgIpc) is 3.27. The fourth-order valence-electron chi connectivity index (χ4n) is 3.29. The second kappa shape index (κ2) is 9.84. The van der Waals surface area contributed by atoms with Crippen molar-refractivity contribution in [3.63, 3.8) is 0 Å². The average molecular weight is 480 g/mol. The predicted octanol–water partition coefficient (Wildman–Crippen LogP) is 5.08. The summed E-state index contributed by atoms with van der Waals surface area (Å²) in [7, 11) is 3.11. The summed E-state index contributed by atoms with van der Waals surface area (Å²) >= 11 is 6.08. The number of halogens is 1. The highest BCUT2D eigenvalue weighted by molar-refractivity contribution is 6.32. The van der Waals surface area contributed by atoms with Crippen LogP contribution in [-0.4, -0.2) is 42.2 Å².